The molecule has 0 radical (unpaired) electrons. The molecule has 0 aliphatic heterocycles. The average Bonchev–Trinajstić information content (AvgIpc) is 2.96. The number of hydrogen-bond donors (Lipinski definition) is 3. The largest absolute Gasteiger partial charge is 0.325 e. The lowest BCUT2D eigenvalue weighted by Crippen LogP contribution is -2.30. The molecule has 0 saturated carbocycles. The predicted octanol–water partition coefficient (Wildman–Crippen LogP) is 7.90. The summed E-state index contributed by atoms with van der Waals surface area (Å²) in [6, 6.07) is 28.0. The quantitative estimate of drug-likeness (QED) is 0.127. The second-order valence-corrected chi connectivity index (χ2v) is 11.2. The van der Waals surface area contributed by atoms with Gasteiger partial charge in [-0.05, 0) is 78.4 Å². The molecule has 0 spiro atoms. The van der Waals surface area contributed by atoms with Crippen molar-refractivity contribution >= 4 is 86.1 Å². The molecule has 4 aromatic carbocycles. The second kappa shape index (κ2) is 14.2. The highest BCUT2D eigenvalue weighted by atomic mass is 79.9. The minimum absolute atomic E-state index is 0.0913. The molecule has 202 valence electrons. The van der Waals surface area contributed by atoms with Crippen molar-refractivity contribution in [2.45, 2.75) is 4.90 Å². The molecule has 0 atom stereocenters. The lowest BCUT2D eigenvalue weighted by Gasteiger charge is -2.12. The highest BCUT2D eigenvalue weighted by Crippen LogP contribution is 2.26. The maximum atomic E-state index is 13.2. The van der Waals surface area contributed by atoms with Gasteiger partial charge in [0.25, 0.3) is 11.8 Å². The van der Waals surface area contributed by atoms with Crippen molar-refractivity contribution in [2.24, 2.45) is 0 Å². The minimum atomic E-state index is -0.478. The first kappa shape index (κ1) is 29.4. The monoisotopic (exact) mass is 653 g/mol. The molecule has 0 aliphatic rings. The number of carbonyl (C=O) groups excluding carboxylic acids is 3. The zero-order chi connectivity index (χ0) is 28.5. The maximum absolute atomic E-state index is 13.2. The molecule has 3 N–H and O–H groups in total. The number of anilines is 2. The minimum Gasteiger partial charge on any atom is -0.325 e. The van der Waals surface area contributed by atoms with Gasteiger partial charge in [0.05, 0.1) is 15.8 Å². The Morgan fingerprint density at radius 2 is 1.45 bits per heavy atom. The molecule has 10 heteroatoms. The van der Waals surface area contributed by atoms with Gasteiger partial charge in [-0.3, -0.25) is 14.4 Å². The number of benzene rings is 4. The normalized spacial score (nSPS) is 11.0. The van der Waals surface area contributed by atoms with Gasteiger partial charge < -0.3 is 16.0 Å². The second-order valence-electron chi connectivity index (χ2n) is 8.37. The van der Waals surface area contributed by atoms with E-state index in [2.05, 4.69) is 31.9 Å². The van der Waals surface area contributed by atoms with Gasteiger partial charge in [-0.25, -0.2) is 0 Å². The Hall–Kier alpha value is -3.56. The lowest BCUT2D eigenvalue weighted by atomic mass is 10.1. The van der Waals surface area contributed by atoms with Gasteiger partial charge in [0.1, 0.15) is 5.70 Å². The molecule has 0 heterocycles. The molecule has 0 fully saturated rings. The van der Waals surface area contributed by atoms with E-state index in [0.29, 0.717) is 27.0 Å². The van der Waals surface area contributed by atoms with Crippen molar-refractivity contribution in [3.63, 3.8) is 0 Å². The van der Waals surface area contributed by atoms with Gasteiger partial charge >= 0.3 is 0 Å². The van der Waals surface area contributed by atoms with Gasteiger partial charge in [0.2, 0.25) is 5.91 Å². The first-order valence-electron chi connectivity index (χ1n) is 11.9. The van der Waals surface area contributed by atoms with Crippen LogP contribution in [0.25, 0.3) is 6.08 Å². The molecule has 3 amide bonds. The number of rotatable bonds is 9. The summed E-state index contributed by atoms with van der Waals surface area (Å²) in [4.78, 5) is 39.1. The summed E-state index contributed by atoms with van der Waals surface area (Å²) in [7, 11) is 0. The number of carbonyl (C=O) groups is 3. The van der Waals surface area contributed by atoms with Crippen LogP contribution in [-0.2, 0) is 9.59 Å². The number of thioether (sulfide) groups is 1. The van der Waals surface area contributed by atoms with Gasteiger partial charge in [0, 0.05) is 26.3 Å². The van der Waals surface area contributed by atoms with E-state index in [4.69, 9.17) is 23.2 Å². The number of amides is 3. The van der Waals surface area contributed by atoms with Crippen molar-refractivity contribution in [1.82, 2.24) is 5.32 Å². The van der Waals surface area contributed by atoms with Crippen LogP contribution in [0.5, 0.6) is 0 Å². The van der Waals surface area contributed by atoms with Crippen molar-refractivity contribution in [1.29, 1.82) is 0 Å². The Morgan fingerprint density at radius 3 is 2.12 bits per heavy atom. The van der Waals surface area contributed by atoms with Crippen LogP contribution in [-0.4, -0.2) is 23.5 Å². The Labute approximate surface area is 254 Å². The Balaban J connectivity index is 1.39. The summed E-state index contributed by atoms with van der Waals surface area (Å²) in [6.07, 6.45) is 1.61. The van der Waals surface area contributed by atoms with Crippen molar-refractivity contribution < 1.29 is 14.4 Å². The average molecular weight is 655 g/mol. The van der Waals surface area contributed by atoms with Gasteiger partial charge in [-0.1, -0.05) is 69.5 Å². The smallest absolute Gasteiger partial charge is 0.272 e. The fraction of sp³-hybridized carbons (Fsp3) is 0.0333. The third-order valence-corrected chi connectivity index (χ3v) is 7.68. The van der Waals surface area contributed by atoms with E-state index in [0.717, 1.165) is 14.9 Å². The molecule has 0 bridgehead atoms. The van der Waals surface area contributed by atoms with Crippen LogP contribution in [0, 0.1) is 0 Å². The van der Waals surface area contributed by atoms with Crippen LogP contribution < -0.4 is 16.0 Å². The van der Waals surface area contributed by atoms with E-state index >= 15 is 0 Å². The standard InChI is InChI=1S/C30H22BrCl2N3O3S/c31-21-8-6-19(7-9-21)16-27(36-29(38)20-4-2-1-3-5-20)30(39)35-22-10-13-24(14-11-22)40-18-28(37)34-23-12-15-25(32)26(33)17-23/h1-17H,18H2,(H,34,37)(H,35,39)(H,36,38)/b27-16-. The molecule has 40 heavy (non-hydrogen) atoms. The molecule has 4 aromatic rings. The summed E-state index contributed by atoms with van der Waals surface area (Å²) in [5, 5.41) is 9.09. The SMILES string of the molecule is O=C(CSc1ccc(NC(=O)/C(=C/c2ccc(Br)cc2)NC(=O)c2ccccc2)cc1)Nc1ccc(Cl)c(Cl)c1. The fourth-order valence-corrected chi connectivity index (χ4v) is 4.68. The van der Waals surface area contributed by atoms with Crippen LogP contribution >= 0.6 is 50.9 Å². The van der Waals surface area contributed by atoms with E-state index in [1.165, 1.54) is 11.8 Å². The number of halogens is 3. The Bertz CT molecular complexity index is 1550. The first-order valence-corrected chi connectivity index (χ1v) is 14.4. The van der Waals surface area contributed by atoms with E-state index in [-0.39, 0.29) is 17.4 Å². The van der Waals surface area contributed by atoms with Gasteiger partial charge in [-0.15, -0.1) is 11.8 Å². The third-order valence-electron chi connectivity index (χ3n) is 5.40. The summed E-state index contributed by atoms with van der Waals surface area (Å²) in [5.74, 6) is -0.895. The molecule has 0 unspecified atom stereocenters. The van der Waals surface area contributed by atoms with Crippen molar-refractivity contribution in [3.05, 3.63) is 128 Å². The Morgan fingerprint density at radius 1 is 0.775 bits per heavy atom. The zero-order valence-corrected chi connectivity index (χ0v) is 24.7. The third kappa shape index (κ3) is 8.72. The van der Waals surface area contributed by atoms with Crippen LogP contribution in [0.1, 0.15) is 15.9 Å². The molecular formula is C30H22BrCl2N3O3S. The molecule has 6 nitrogen and oxygen atoms in total. The Kier molecular flexibility index (Phi) is 10.4. The van der Waals surface area contributed by atoms with Gasteiger partial charge in [-0.2, -0.15) is 0 Å². The lowest BCUT2D eigenvalue weighted by molar-refractivity contribution is -0.114. The van der Waals surface area contributed by atoms with E-state index in [9.17, 15) is 14.4 Å². The summed E-state index contributed by atoms with van der Waals surface area (Å²) in [5.41, 5.74) is 2.36. The maximum Gasteiger partial charge on any atom is 0.272 e. The summed E-state index contributed by atoms with van der Waals surface area (Å²) in [6.45, 7) is 0. The summed E-state index contributed by atoms with van der Waals surface area (Å²) >= 11 is 16.6. The predicted molar refractivity (Wildman–Crippen MR) is 167 cm³/mol. The van der Waals surface area contributed by atoms with Crippen LogP contribution in [0.15, 0.2) is 112 Å². The van der Waals surface area contributed by atoms with Crippen LogP contribution in [0.2, 0.25) is 10.0 Å². The zero-order valence-electron chi connectivity index (χ0n) is 20.8. The highest BCUT2D eigenvalue weighted by Gasteiger charge is 2.15. The number of nitrogens with one attached hydrogen (secondary N) is 3. The number of hydrogen-bond acceptors (Lipinski definition) is 4. The molecule has 4 rings (SSSR count). The van der Waals surface area contributed by atoms with Crippen molar-refractivity contribution in [2.75, 3.05) is 16.4 Å². The van der Waals surface area contributed by atoms with E-state index in [1.807, 2.05) is 30.3 Å². The molecule has 0 aliphatic carbocycles. The van der Waals surface area contributed by atoms with Crippen LogP contribution in [0.4, 0.5) is 11.4 Å². The molecule has 0 aromatic heterocycles. The van der Waals surface area contributed by atoms with Gasteiger partial charge in [0.15, 0.2) is 0 Å². The first-order chi connectivity index (χ1) is 19.3. The van der Waals surface area contributed by atoms with Crippen LogP contribution in [0.3, 0.4) is 0 Å². The van der Waals surface area contributed by atoms with Crippen molar-refractivity contribution in [3.8, 4) is 0 Å². The molecule has 0 saturated heterocycles. The van der Waals surface area contributed by atoms with E-state index in [1.54, 1.807) is 72.8 Å². The highest BCUT2D eigenvalue weighted by molar-refractivity contribution is 9.10. The fourth-order valence-electron chi connectivity index (χ4n) is 3.42. The molecular weight excluding hydrogens is 633 g/mol. The topological polar surface area (TPSA) is 87.3 Å². The summed E-state index contributed by atoms with van der Waals surface area (Å²) < 4.78 is 0.897. The van der Waals surface area contributed by atoms with E-state index < -0.39 is 11.8 Å².